The van der Waals surface area contributed by atoms with Crippen molar-refractivity contribution in [2.24, 2.45) is 5.73 Å². The summed E-state index contributed by atoms with van der Waals surface area (Å²) in [5, 5.41) is 3.31. The van der Waals surface area contributed by atoms with Crippen molar-refractivity contribution in [1.82, 2.24) is 4.90 Å². The van der Waals surface area contributed by atoms with E-state index in [-0.39, 0.29) is 13.0 Å². The third kappa shape index (κ3) is 10.7. The molecule has 0 aliphatic carbocycles. The number of nitrogens with one attached hydrogen (secondary N) is 1. The highest BCUT2D eigenvalue weighted by atomic mass is 19.3. The Morgan fingerprint density at radius 2 is 2.00 bits per heavy atom. The summed E-state index contributed by atoms with van der Waals surface area (Å²) in [6.07, 6.45) is 2.13. The average molecular weight is 484 g/mol. The average Bonchev–Trinajstić information content (AvgIpc) is 3.19. The van der Waals surface area contributed by atoms with Crippen molar-refractivity contribution in [2.75, 3.05) is 25.1 Å². The Kier molecular flexibility index (Phi) is 15.8. The van der Waals surface area contributed by atoms with Gasteiger partial charge in [0.2, 0.25) is 6.41 Å². The number of amides is 2. The van der Waals surface area contributed by atoms with E-state index in [4.69, 9.17) is 9.53 Å². The molecular weight excluding hydrogens is 444 g/mol. The minimum Gasteiger partial charge on any atom is -0.493 e. The third-order valence-electron chi connectivity index (χ3n) is 4.82. The SMILES string of the molecule is C/C=C(\C)N1C(=O)OCC1C(F)F.C=C(C)c1ccc(NCC)cc1OCCCCC.NC=O. The first kappa shape index (κ1) is 30.9. The van der Waals surface area contributed by atoms with Gasteiger partial charge in [0.25, 0.3) is 6.43 Å². The molecule has 1 aromatic carbocycles. The molecule has 1 fully saturated rings. The van der Waals surface area contributed by atoms with Gasteiger partial charge in [-0.1, -0.05) is 32.4 Å². The van der Waals surface area contributed by atoms with E-state index in [1.807, 2.05) is 6.92 Å². The molecule has 1 unspecified atom stereocenters. The summed E-state index contributed by atoms with van der Waals surface area (Å²) in [7, 11) is 0. The summed E-state index contributed by atoms with van der Waals surface area (Å²) in [5.41, 5.74) is 7.91. The Morgan fingerprint density at radius 3 is 2.50 bits per heavy atom. The molecule has 34 heavy (non-hydrogen) atoms. The monoisotopic (exact) mass is 483 g/mol. The minimum atomic E-state index is -2.57. The summed E-state index contributed by atoms with van der Waals surface area (Å²) in [6, 6.07) is 5.09. The molecule has 7 nitrogen and oxygen atoms in total. The number of carbonyl (C=O) groups is 2. The molecule has 2 amide bonds. The number of ether oxygens (including phenoxy) is 2. The van der Waals surface area contributed by atoms with Crippen LogP contribution >= 0.6 is 0 Å². The molecule has 1 aliphatic heterocycles. The number of allylic oxidation sites excluding steroid dienone is 3. The van der Waals surface area contributed by atoms with E-state index in [9.17, 15) is 13.6 Å². The second-order valence-electron chi connectivity index (χ2n) is 7.49. The van der Waals surface area contributed by atoms with Gasteiger partial charge in [-0.2, -0.15) is 0 Å². The number of nitrogens with two attached hydrogens (primary N) is 1. The van der Waals surface area contributed by atoms with Crippen LogP contribution in [0.2, 0.25) is 0 Å². The van der Waals surface area contributed by atoms with Crippen LogP contribution in [0.1, 0.15) is 59.4 Å². The van der Waals surface area contributed by atoms with Gasteiger partial charge in [-0.15, -0.1) is 0 Å². The van der Waals surface area contributed by atoms with E-state index in [1.54, 1.807) is 19.9 Å². The van der Waals surface area contributed by atoms with E-state index < -0.39 is 18.6 Å². The fraction of sp³-hybridized carbons (Fsp3) is 0.520. The van der Waals surface area contributed by atoms with Gasteiger partial charge in [0.1, 0.15) is 18.4 Å². The quantitative estimate of drug-likeness (QED) is 0.323. The van der Waals surface area contributed by atoms with Crippen LogP contribution in [0.15, 0.2) is 36.6 Å². The first-order valence-electron chi connectivity index (χ1n) is 11.4. The molecule has 9 heteroatoms. The Morgan fingerprint density at radius 1 is 1.35 bits per heavy atom. The highest BCUT2D eigenvalue weighted by Crippen LogP contribution is 2.28. The number of cyclic esters (lactones) is 1. The molecular formula is C25H39F2N3O4. The van der Waals surface area contributed by atoms with E-state index in [1.165, 1.54) is 12.8 Å². The van der Waals surface area contributed by atoms with Crippen molar-refractivity contribution in [2.45, 2.75) is 66.3 Å². The fourth-order valence-electron chi connectivity index (χ4n) is 3.01. The predicted molar refractivity (Wildman–Crippen MR) is 133 cm³/mol. The second kappa shape index (κ2) is 17.4. The van der Waals surface area contributed by atoms with Crippen LogP contribution in [0.25, 0.3) is 5.57 Å². The number of rotatable bonds is 10. The number of unbranched alkanes of at least 4 members (excludes halogenated alkanes) is 2. The smallest absolute Gasteiger partial charge is 0.414 e. The zero-order chi connectivity index (χ0) is 26.1. The van der Waals surface area contributed by atoms with Crippen LogP contribution < -0.4 is 15.8 Å². The largest absolute Gasteiger partial charge is 0.493 e. The standard InChI is InChI=1S/C16H25NO.C8H11F2NO2.CH3NO/c1-5-7-8-11-18-16-12-14(17-6-2)9-10-15(16)13(3)4;1-3-5(2)11-6(7(9)10)4-13-8(11)12;2-1-3/h9-10,12,17H,3,5-8,11H2,1-2,4H3;3,6-7H,4H2,1-2H3;1H,(H2,2,3)/b;5-3+;. The molecule has 1 aliphatic rings. The van der Waals surface area contributed by atoms with Crippen LogP contribution in [0.4, 0.5) is 19.3 Å². The van der Waals surface area contributed by atoms with E-state index in [0.717, 1.165) is 47.0 Å². The van der Waals surface area contributed by atoms with E-state index in [0.29, 0.717) is 5.70 Å². The molecule has 1 saturated heterocycles. The Balaban J connectivity index is 0.000000597. The van der Waals surface area contributed by atoms with Gasteiger partial charge in [-0.3, -0.25) is 9.69 Å². The first-order chi connectivity index (χ1) is 16.2. The molecule has 1 heterocycles. The van der Waals surface area contributed by atoms with Crippen LogP contribution in [-0.4, -0.2) is 49.6 Å². The minimum absolute atomic E-state index is 0.234. The van der Waals surface area contributed by atoms with Gasteiger partial charge in [0.05, 0.1) is 6.61 Å². The normalized spacial score (nSPS) is 14.9. The molecule has 192 valence electrons. The number of halogens is 2. The number of hydrogen-bond acceptors (Lipinski definition) is 5. The zero-order valence-electron chi connectivity index (χ0n) is 20.9. The fourth-order valence-corrected chi connectivity index (χ4v) is 3.01. The summed E-state index contributed by atoms with van der Waals surface area (Å²) >= 11 is 0. The molecule has 0 radical (unpaired) electrons. The number of hydrogen-bond donors (Lipinski definition) is 2. The zero-order valence-corrected chi connectivity index (χ0v) is 20.9. The molecule has 0 spiro atoms. The van der Waals surface area contributed by atoms with Gasteiger partial charge >= 0.3 is 6.09 Å². The topological polar surface area (TPSA) is 93.9 Å². The Bertz CT molecular complexity index is 800. The maximum absolute atomic E-state index is 12.4. The van der Waals surface area contributed by atoms with Crippen molar-refractivity contribution in [3.63, 3.8) is 0 Å². The molecule has 2 rings (SSSR count). The highest BCUT2D eigenvalue weighted by Gasteiger charge is 2.39. The summed E-state index contributed by atoms with van der Waals surface area (Å²) in [4.78, 5) is 20.6. The van der Waals surface area contributed by atoms with Crippen molar-refractivity contribution >= 4 is 23.8 Å². The summed E-state index contributed by atoms with van der Waals surface area (Å²) in [5.74, 6) is 0.942. The number of alkyl halides is 2. The lowest BCUT2D eigenvalue weighted by Gasteiger charge is -2.20. The van der Waals surface area contributed by atoms with Gasteiger partial charge in [-0.05, 0) is 51.8 Å². The van der Waals surface area contributed by atoms with Crippen molar-refractivity contribution in [3.8, 4) is 5.75 Å². The summed E-state index contributed by atoms with van der Waals surface area (Å²) in [6.45, 7) is 15.1. The van der Waals surface area contributed by atoms with Gasteiger partial charge in [0, 0.05) is 29.6 Å². The molecule has 1 atom stereocenters. The molecule has 0 bridgehead atoms. The lowest BCUT2D eigenvalue weighted by atomic mass is 10.1. The maximum Gasteiger partial charge on any atom is 0.414 e. The van der Waals surface area contributed by atoms with Crippen LogP contribution in [0.3, 0.4) is 0 Å². The molecule has 1 aromatic rings. The van der Waals surface area contributed by atoms with Gasteiger partial charge < -0.3 is 20.5 Å². The number of carbonyl (C=O) groups excluding carboxylic acids is 2. The Labute approximate surface area is 202 Å². The number of anilines is 1. The van der Waals surface area contributed by atoms with Crippen LogP contribution in [0, 0.1) is 0 Å². The number of nitrogens with zero attached hydrogens (tertiary/aromatic N) is 1. The van der Waals surface area contributed by atoms with Gasteiger partial charge in [0.15, 0.2) is 0 Å². The molecule has 0 saturated carbocycles. The predicted octanol–water partition coefficient (Wildman–Crippen LogP) is 5.82. The van der Waals surface area contributed by atoms with Crippen molar-refractivity contribution in [3.05, 3.63) is 42.1 Å². The highest BCUT2D eigenvalue weighted by molar-refractivity contribution is 5.72. The molecule has 0 aromatic heterocycles. The number of primary amides is 1. The lowest BCUT2D eigenvalue weighted by Crippen LogP contribution is -2.37. The van der Waals surface area contributed by atoms with Crippen LogP contribution in [0.5, 0.6) is 5.75 Å². The van der Waals surface area contributed by atoms with E-state index in [2.05, 4.69) is 54.4 Å². The summed E-state index contributed by atoms with van der Waals surface area (Å²) < 4.78 is 35.1. The first-order valence-corrected chi connectivity index (χ1v) is 11.4. The Hall–Kier alpha value is -3.10. The second-order valence-corrected chi connectivity index (χ2v) is 7.49. The maximum atomic E-state index is 12.4. The van der Waals surface area contributed by atoms with Crippen molar-refractivity contribution in [1.29, 1.82) is 0 Å². The third-order valence-corrected chi connectivity index (χ3v) is 4.82. The molecule has 3 N–H and O–H groups in total. The van der Waals surface area contributed by atoms with Gasteiger partial charge in [-0.25, -0.2) is 13.6 Å². The van der Waals surface area contributed by atoms with Crippen molar-refractivity contribution < 1.29 is 27.8 Å². The van der Waals surface area contributed by atoms with E-state index >= 15 is 0 Å². The van der Waals surface area contributed by atoms with Crippen LogP contribution in [-0.2, 0) is 9.53 Å². The lowest BCUT2D eigenvalue weighted by molar-refractivity contribution is -0.106. The number of benzene rings is 1.